The maximum absolute atomic E-state index is 6.04. The van der Waals surface area contributed by atoms with Crippen molar-refractivity contribution >= 4 is 33.0 Å². The van der Waals surface area contributed by atoms with Crippen LogP contribution in [-0.4, -0.2) is 14.5 Å². The molecule has 1 aliphatic rings. The summed E-state index contributed by atoms with van der Waals surface area (Å²) in [6.45, 7) is 3.29. The zero-order chi connectivity index (χ0) is 14.1. The molecule has 20 heavy (non-hydrogen) atoms. The topological polar surface area (TPSA) is 56.7 Å². The molecule has 1 fully saturated rings. The van der Waals surface area contributed by atoms with Crippen molar-refractivity contribution in [2.24, 2.45) is 11.8 Å². The molecule has 0 bridgehead atoms. The van der Waals surface area contributed by atoms with E-state index < -0.39 is 0 Å². The number of imidazole rings is 1. The maximum Gasteiger partial charge on any atom is 0.202 e. The molecule has 2 aromatic heterocycles. The van der Waals surface area contributed by atoms with Crippen molar-refractivity contribution in [3.8, 4) is 0 Å². The van der Waals surface area contributed by atoms with E-state index in [-0.39, 0.29) is 0 Å². The fourth-order valence-corrected chi connectivity index (χ4v) is 3.68. The minimum atomic E-state index is 0.578. The van der Waals surface area contributed by atoms with Crippen LogP contribution in [0.5, 0.6) is 0 Å². The van der Waals surface area contributed by atoms with Crippen LogP contribution in [0.25, 0.3) is 11.2 Å². The molecular weight excluding hydrogens is 316 g/mol. The van der Waals surface area contributed by atoms with Crippen molar-refractivity contribution in [3.05, 3.63) is 16.7 Å². The smallest absolute Gasteiger partial charge is 0.202 e. The lowest BCUT2D eigenvalue weighted by molar-refractivity contribution is 0.262. The van der Waals surface area contributed by atoms with Gasteiger partial charge in [0.15, 0.2) is 5.65 Å². The summed E-state index contributed by atoms with van der Waals surface area (Å²) in [7, 11) is 0. The molecule has 108 valence electrons. The second-order valence-corrected chi connectivity index (χ2v) is 6.96. The van der Waals surface area contributed by atoms with E-state index in [1.165, 1.54) is 32.1 Å². The number of hydrogen-bond donors (Lipinski definition) is 1. The van der Waals surface area contributed by atoms with Crippen LogP contribution in [0.1, 0.15) is 39.0 Å². The second kappa shape index (κ2) is 5.72. The number of aryl methyl sites for hydroxylation is 1. The Bertz CT molecular complexity index is 607. The minimum Gasteiger partial charge on any atom is -0.369 e. The van der Waals surface area contributed by atoms with E-state index in [1.54, 1.807) is 0 Å². The van der Waals surface area contributed by atoms with Crippen LogP contribution in [0.15, 0.2) is 16.7 Å². The number of aromatic nitrogens is 3. The van der Waals surface area contributed by atoms with Gasteiger partial charge in [-0.2, -0.15) is 0 Å². The maximum atomic E-state index is 6.04. The quantitative estimate of drug-likeness (QED) is 0.921. The lowest BCUT2D eigenvalue weighted by Gasteiger charge is -2.26. The molecule has 2 unspecified atom stereocenters. The van der Waals surface area contributed by atoms with Gasteiger partial charge in [-0.05, 0) is 46.7 Å². The van der Waals surface area contributed by atoms with Crippen molar-refractivity contribution in [1.82, 2.24) is 14.5 Å². The number of pyridine rings is 1. The number of halogens is 1. The average Bonchev–Trinajstić information content (AvgIpc) is 2.71. The molecule has 1 aliphatic carbocycles. The third kappa shape index (κ3) is 2.82. The van der Waals surface area contributed by atoms with Gasteiger partial charge in [-0.3, -0.25) is 4.57 Å². The van der Waals surface area contributed by atoms with E-state index in [0.29, 0.717) is 5.95 Å². The highest BCUT2D eigenvalue weighted by molar-refractivity contribution is 9.10. The van der Waals surface area contributed by atoms with Crippen molar-refractivity contribution in [2.45, 2.75) is 45.6 Å². The molecule has 0 amide bonds. The molecule has 2 N–H and O–H groups in total. The van der Waals surface area contributed by atoms with E-state index in [9.17, 15) is 0 Å². The standard InChI is InChI=1S/C15H21BrN4/c1-10-3-2-4-11(7-10)5-6-20-14-13(19-15(20)17)8-12(16)9-18-14/h8-11H,2-7H2,1H3,(H2,17,19). The van der Waals surface area contributed by atoms with Crippen molar-refractivity contribution in [3.63, 3.8) is 0 Å². The van der Waals surface area contributed by atoms with Crippen LogP contribution >= 0.6 is 15.9 Å². The lowest BCUT2D eigenvalue weighted by atomic mass is 9.81. The van der Waals surface area contributed by atoms with E-state index in [2.05, 4.69) is 37.4 Å². The first-order valence-electron chi connectivity index (χ1n) is 7.40. The summed E-state index contributed by atoms with van der Waals surface area (Å²) in [6.07, 6.45) is 8.46. The summed E-state index contributed by atoms with van der Waals surface area (Å²) < 4.78 is 3.00. The van der Waals surface area contributed by atoms with Gasteiger partial charge < -0.3 is 5.73 Å². The van der Waals surface area contributed by atoms with E-state index >= 15 is 0 Å². The fourth-order valence-electron chi connectivity index (χ4n) is 3.36. The number of nitrogens with zero attached hydrogens (tertiary/aromatic N) is 3. The summed E-state index contributed by atoms with van der Waals surface area (Å²) in [5, 5.41) is 0. The highest BCUT2D eigenvalue weighted by Gasteiger charge is 2.19. The van der Waals surface area contributed by atoms with E-state index in [4.69, 9.17) is 5.73 Å². The molecule has 0 aromatic carbocycles. The van der Waals surface area contributed by atoms with Gasteiger partial charge in [0.25, 0.3) is 0 Å². The fraction of sp³-hybridized carbons (Fsp3) is 0.600. The first-order chi connectivity index (χ1) is 9.63. The van der Waals surface area contributed by atoms with Crippen LogP contribution in [0.3, 0.4) is 0 Å². The van der Waals surface area contributed by atoms with Crippen LogP contribution < -0.4 is 5.73 Å². The molecule has 0 radical (unpaired) electrons. The summed E-state index contributed by atoms with van der Waals surface area (Å²) in [4.78, 5) is 8.85. The number of rotatable bonds is 3. The van der Waals surface area contributed by atoms with Gasteiger partial charge in [-0.15, -0.1) is 0 Å². The Morgan fingerprint density at radius 1 is 1.45 bits per heavy atom. The minimum absolute atomic E-state index is 0.578. The Morgan fingerprint density at radius 3 is 3.10 bits per heavy atom. The Hall–Kier alpha value is -1.10. The molecule has 0 spiro atoms. The number of nitrogen functional groups attached to an aromatic ring is 1. The lowest BCUT2D eigenvalue weighted by Crippen LogP contribution is -2.16. The largest absolute Gasteiger partial charge is 0.369 e. The molecule has 3 rings (SSSR count). The number of anilines is 1. The predicted octanol–water partition coefficient (Wildman–Crippen LogP) is 3.99. The molecule has 4 nitrogen and oxygen atoms in total. The van der Waals surface area contributed by atoms with Crippen molar-refractivity contribution in [2.75, 3.05) is 5.73 Å². The third-order valence-electron chi connectivity index (χ3n) is 4.39. The first-order valence-corrected chi connectivity index (χ1v) is 8.20. The van der Waals surface area contributed by atoms with Gasteiger partial charge in [-0.1, -0.05) is 26.2 Å². The molecule has 0 saturated heterocycles. The predicted molar refractivity (Wildman–Crippen MR) is 85.4 cm³/mol. The Morgan fingerprint density at radius 2 is 2.30 bits per heavy atom. The van der Waals surface area contributed by atoms with Gasteiger partial charge in [0.1, 0.15) is 5.52 Å². The molecule has 5 heteroatoms. The molecule has 2 atom stereocenters. The summed E-state index contributed by atoms with van der Waals surface area (Å²) in [5.74, 6) is 2.28. The Balaban J connectivity index is 1.75. The zero-order valence-electron chi connectivity index (χ0n) is 11.8. The number of fused-ring (bicyclic) bond motifs is 1. The number of hydrogen-bond acceptors (Lipinski definition) is 3. The van der Waals surface area contributed by atoms with Gasteiger partial charge in [0, 0.05) is 17.2 Å². The van der Waals surface area contributed by atoms with Crippen molar-refractivity contribution in [1.29, 1.82) is 0 Å². The molecule has 2 heterocycles. The normalized spacial score (nSPS) is 23.3. The van der Waals surface area contributed by atoms with Crippen LogP contribution in [-0.2, 0) is 6.54 Å². The average molecular weight is 337 g/mol. The summed E-state index contributed by atoms with van der Waals surface area (Å²) >= 11 is 3.42. The molecule has 2 aromatic rings. The SMILES string of the molecule is CC1CCCC(CCn2c(N)nc3cc(Br)cnc32)C1. The summed E-state index contributed by atoms with van der Waals surface area (Å²) in [5.41, 5.74) is 7.81. The Kier molecular flexibility index (Phi) is 3.96. The van der Waals surface area contributed by atoms with Gasteiger partial charge >= 0.3 is 0 Å². The van der Waals surface area contributed by atoms with E-state index in [1.807, 2.05) is 12.3 Å². The van der Waals surface area contributed by atoms with Gasteiger partial charge in [0.2, 0.25) is 5.95 Å². The van der Waals surface area contributed by atoms with Gasteiger partial charge in [-0.25, -0.2) is 9.97 Å². The summed E-state index contributed by atoms with van der Waals surface area (Å²) in [6, 6.07) is 1.97. The Labute approximate surface area is 127 Å². The second-order valence-electron chi connectivity index (χ2n) is 6.04. The van der Waals surface area contributed by atoms with Crippen LogP contribution in [0, 0.1) is 11.8 Å². The first kappa shape index (κ1) is 13.9. The monoisotopic (exact) mass is 336 g/mol. The molecular formula is C15H21BrN4. The molecule has 1 saturated carbocycles. The van der Waals surface area contributed by atoms with Gasteiger partial charge in [0.05, 0.1) is 0 Å². The van der Waals surface area contributed by atoms with Crippen molar-refractivity contribution < 1.29 is 0 Å². The number of nitrogens with two attached hydrogens (primary N) is 1. The van der Waals surface area contributed by atoms with E-state index in [0.717, 1.165) is 34.0 Å². The highest BCUT2D eigenvalue weighted by atomic mass is 79.9. The zero-order valence-corrected chi connectivity index (χ0v) is 13.4. The third-order valence-corrected chi connectivity index (χ3v) is 4.82. The van der Waals surface area contributed by atoms with Crippen LogP contribution in [0.4, 0.5) is 5.95 Å². The highest BCUT2D eigenvalue weighted by Crippen LogP contribution is 2.31. The van der Waals surface area contributed by atoms with Crippen LogP contribution in [0.2, 0.25) is 0 Å². The molecule has 0 aliphatic heterocycles.